The van der Waals surface area contributed by atoms with Gasteiger partial charge in [0.25, 0.3) is 5.91 Å². The Labute approximate surface area is 128 Å². The Morgan fingerprint density at radius 3 is 2.41 bits per heavy atom. The maximum atomic E-state index is 12.0. The van der Waals surface area contributed by atoms with Crippen LogP contribution in [0.2, 0.25) is 0 Å². The molecule has 7 heteroatoms. The van der Waals surface area contributed by atoms with Crippen molar-refractivity contribution in [3.05, 3.63) is 48.0 Å². The van der Waals surface area contributed by atoms with Crippen molar-refractivity contribution >= 4 is 32.6 Å². The van der Waals surface area contributed by atoms with E-state index in [0.717, 1.165) is 17.0 Å². The van der Waals surface area contributed by atoms with Gasteiger partial charge in [0.15, 0.2) is 0 Å². The molecule has 0 saturated carbocycles. The Balaban J connectivity index is 1.92. The number of nitrogens with one attached hydrogen (secondary N) is 2. The first-order valence-corrected chi connectivity index (χ1v) is 8.52. The van der Waals surface area contributed by atoms with Gasteiger partial charge < -0.3 is 5.32 Å². The van der Waals surface area contributed by atoms with Crippen molar-refractivity contribution in [3.8, 4) is 0 Å². The lowest BCUT2D eigenvalue weighted by Gasteiger charge is -2.06. The van der Waals surface area contributed by atoms with Crippen LogP contribution in [0.1, 0.15) is 16.8 Å². The van der Waals surface area contributed by atoms with Crippen LogP contribution in [-0.2, 0) is 14.8 Å². The molecule has 0 atom stereocenters. The summed E-state index contributed by atoms with van der Waals surface area (Å²) in [6.45, 7) is 0.0625. The highest BCUT2D eigenvalue weighted by molar-refractivity contribution is 7.89. The van der Waals surface area contributed by atoms with Crippen LogP contribution in [0.3, 0.4) is 0 Å². The Morgan fingerprint density at radius 1 is 1.05 bits per heavy atom. The number of amides is 2. The number of hydrogen-bond donors (Lipinski definition) is 2. The molecule has 2 N–H and O–H groups in total. The summed E-state index contributed by atoms with van der Waals surface area (Å²) in [5.74, 6) is -0.959. The number of carbonyl (C=O) groups excluding carboxylic acids is 2. The van der Waals surface area contributed by atoms with E-state index in [0.29, 0.717) is 5.56 Å². The zero-order valence-corrected chi connectivity index (χ0v) is 12.8. The SMILES string of the molecule is CS(=O)(=O)NC(=O)CCNC(=O)c1ccc2ccccc2c1. The number of sulfonamides is 1. The number of hydrogen-bond acceptors (Lipinski definition) is 4. The second-order valence-electron chi connectivity index (χ2n) is 4.87. The Kier molecular flexibility index (Phi) is 4.77. The molecule has 0 bridgehead atoms. The molecule has 2 rings (SSSR count). The van der Waals surface area contributed by atoms with Crippen LogP contribution < -0.4 is 10.0 Å². The zero-order chi connectivity index (χ0) is 16.2. The van der Waals surface area contributed by atoms with E-state index in [-0.39, 0.29) is 18.9 Å². The first kappa shape index (κ1) is 16.0. The molecule has 0 aromatic heterocycles. The van der Waals surface area contributed by atoms with Gasteiger partial charge in [0, 0.05) is 18.5 Å². The fraction of sp³-hybridized carbons (Fsp3) is 0.200. The van der Waals surface area contributed by atoms with E-state index in [4.69, 9.17) is 0 Å². The monoisotopic (exact) mass is 320 g/mol. The van der Waals surface area contributed by atoms with Gasteiger partial charge >= 0.3 is 0 Å². The molecule has 0 fully saturated rings. The molecule has 0 saturated heterocycles. The van der Waals surface area contributed by atoms with Crippen LogP contribution >= 0.6 is 0 Å². The zero-order valence-electron chi connectivity index (χ0n) is 12.0. The van der Waals surface area contributed by atoms with Crippen LogP contribution in [-0.4, -0.2) is 33.0 Å². The van der Waals surface area contributed by atoms with Gasteiger partial charge in [0.1, 0.15) is 0 Å². The van der Waals surface area contributed by atoms with Crippen LogP contribution in [0.15, 0.2) is 42.5 Å². The van der Waals surface area contributed by atoms with Crippen LogP contribution in [0.25, 0.3) is 10.8 Å². The first-order chi connectivity index (χ1) is 10.3. The quantitative estimate of drug-likeness (QED) is 0.861. The lowest BCUT2D eigenvalue weighted by molar-refractivity contribution is -0.119. The Bertz CT molecular complexity index is 815. The summed E-state index contributed by atoms with van der Waals surface area (Å²) in [6.07, 6.45) is 0.797. The molecular weight excluding hydrogens is 304 g/mol. The molecule has 2 amide bonds. The minimum absolute atomic E-state index is 0.0625. The van der Waals surface area contributed by atoms with Crippen LogP contribution in [0.5, 0.6) is 0 Å². The third-order valence-corrected chi connectivity index (χ3v) is 3.55. The van der Waals surface area contributed by atoms with Gasteiger partial charge in [-0.1, -0.05) is 30.3 Å². The number of benzene rings is 2. The summed E-state index contributed by atoms with van der Waals surface area (Å²) in [7, 11) is -3.56. The Hall–Kier alpha value is -2.41. The van der Waals surface area contributed by atoms with Gasteiger partial charge in [0.2, 0.25) is 15.9 Å². The van der Waals surface area contributed by atoms with E-state index in [1.807, 2.05) is 35.1 Å². The average Bonchev–Trinajstić information content (AvgIpc) is 2.44. The summed E-state index contributed by atoms with van der Waals surface area (Å²) in [5.41, 5.74) is 0.488. The van der Waals surface area contributed by atoms with Gasteiger partial charge in [0.05, 0.1) is 6.26 Å². The highest BCUT2D eigenvalue weighted by Crippen LogP contribution is 2.15. The van der Waals surface area contributed by atoms with E-state index >= 15 is 0 Å². The maximum absolute atomic E-state index is 12.0. The fourth-order valence-electron chi connectivity index (χ4n) is 1.98. The average molecular weight is 320 g/mol. The number of rotatable bonds is 5. The van der Waals surface area contributed by atoms with Crippen LogP contribution in [0, 0.1) is 0 Å². The third-order valence-electron chi connectivity index (χ3n) is 2.95. The molecule has 2 aromatic carbocycles. The van der Waals surface area contributed by atoms with Crippen molar-refractivity contribution in [2.24, 2.45) is 0 Å². The highest BCUT2D eigenvalue weighted by atomic mass is 32.2. The first-order valence-electron chi connectivity index (χ1n) is 6.63. The normalized spacial score (nSPS) is 11.1. The maximum Gasteiger partial charge on any atom is 0.251 e. The molecule has 0 spiro atoms. The summed E-state index contributed by atoms with van der Waals surface area (Å²) in [5, 5.41) is 4.57. The molecule has 0 radical (unpaired) electrons. The summed E-state index contributed by atoms with van der Waals surface area (Å²) in [4.78, 5) is 23.3. The van der Waals surface area contributed by atoms with Crippen molar-refractivity contribution in [1.29, 1.82) is 0 Å². The Morgan fingerprint density at radius 2 is 1.73 bits per heavy atom. The minimum atomic E-state index is -3.56. The van der Waals surface area contributed by atoms with Crippen molar-refractivity contribution in [3.63, 3.8) is 0 Å². The minimum Gasteiger partial charge on any atom is -0.352 e. The van der Waals surface area contributed by atoms with Gasteiger partial charge in [-0.25, -0.2) is 8.42 Å². The van der Waals surface area contributed by atoms with Gasteiger partial charge in [-0.05, 0) is 22.9 Å². The van der Waals surface area contributed by atoms with Gasteiger partial charge in [-0.2, -0.15) is 0 Å². The molecule has 0 aliphatic heterocycles. The summed E-state index contributed by atoms with van der Waals surface area (Å²) >= 11 is 0. The summed E-state index contributed by atoms with van der Waals surface area (Å²) < 4.78 is 23.6. The molecule has 0 aliphatic carbocycles. The molecule has 0 aliphatic rings. The van der Waals surface area contributed by atoms with Crippen molar-refractivity contribution in [2.75, 3.05) is 12.8 Å². The largest absolute Gasteiger partial charge is 0.352 e. The molecule has 6 nitrogen and oxygen atoms in total. The molecular formula is C15H16N2O4S. The second-order valence-corrected chi connectivity index (χ2v) is 6.61. The van der Waals surface area contributed by atoms with Crippen molar-refractivity contribution in [2.45, 2.75) is 6.42 Å². The number of fused-ring (bicyclic) bond motifs is 1. The predicted octanol–water partition coefficient (Wildman–Crippen LogP) is 1.04. The molecule has 0 unspecified atom stereocenters. The van der Waals surface area contributed by atoms with Gasteiger partial charge in [-0.15, -0.1) is 0 Å². The molecule has 22 heavy (non-hydrogen) atoms. The topological polar surface area (TPSA) is 92.3 Å². The van der Waals surface area contributed by atoms with E-state index in [2.05, 4.69) is 5.32 Å². The van der Waals surface area contributed by atoms with E-state index in [9.17, 15) is 18.0 Å². The standard InChI is InChI=1S/C15H16N2O4S/c1-22(20,21)17-14(18)8-9-16-15(19)13-7-6-11-4-2-3-5-12(11)10-13/h2-7,10H,8-9H2,1H3,(H,16,19)(H,17,18). The molecule has 0 heterocycles. The molecule has 2 aromatic rings. The smallest absolute Gasteiger partial charge is 0.251 e. The van der Waals surface area contributed by atoms with Crippen molar-refractivity contribution < 1.29 is 18.0 Å². The predicted molar refractivity (Wildman–Crippen MR) is 83.9 cm³/mol. The van der Waals surface area contributed by atoms with E-state index in [1.54, 1.807) is 12.1 Å². The van der Waals surface area contributed by atoms with Gasteiger partial charge in [-0.3, -0.25) is 14.3 Å². The van der Waals surface area contributed by atoms with E-state index < -0.39 is 15.9 Å². The highest BCUT2D eigenvalue weighted by Gasteiger charge is 2.10. The van der Waals surface area contributed by atoms with E-state index in [1.165, 1.54) is 0 Å². The van der Waals surface area contributed by atoms with Crippen LogP contribution in [0.4, 0.5) is 0 Å². The summed E-state index contributed by atoms with van der Waals surface area (Å²) in [6, 6.07) is 13.0. The fourth-order valence-corrected chi connectivity index (χ4v) is 2.50. The second kappa shape index (κ2) is 6.57. The lowest BCUT2D eigenvalue weighted by Crippen LogP contribution is -2.33. The van der Waals surface area contributed by atoms with Crippen molar-refractivity contribution in [1.82, 2.24) is 10.0 Å². The molecule has 116 valence electrons. The lowest BCUT2D eigenvalue weighted by atomic mass is 10.1. The third kappa shape index (κ3) is 4.56. The number of carbonyl (C=O) groups is 2.